The smallest absolute Gasteiger partial charge is 0.326 e. The Hall–Kier alpha value is -3.49. The summed E-state index contributed by atoms with van der Waals surface area (Å²) >= 11 is 6.01. The monoisotopic (exact) mass is 480 g/mol. The van der Waals surface area contributed by atoms with Crippen LogP contribution in [0, 0.1) is 6.92 Å². The van der Waals surface area contributed by atoms with Crippen molar-refractivity contribution >= 4 is 34.7 Å². The summed E-state index contributed by atoms with van der Waals surface area (Å²) in [6.07, 6.45) is 4.63. The molecule has 4 rings (SSSR count). The molecule has 0 bridgehead atoms. The zero-order valence-electron chi connectivity index (χ0n) is 19.2. The molecule has 0 aliphatic carbocycles. The van der Waals surface area contributed by atoms with E-state index in [4.69, 9.17) is 16.3 Å². The van der Waals surface area contributed by atoms with Gasteiger partial charge in [0.05, 0.1) is 24.5 Å². The fraction of sp³-hybridized carbons (Fsp3) is 0.280. The van der Waals surface area contributed by atoms with Gasteiger partial charge in [-0.05, 0) is 49.6 Å². The van der Waals surface area contributed by atoms with E-state index in [1.807, 2.05) is 19.9 Å². The predicted octanol–water partition coefficient (Wildman–Crippen LogP) is 2.53. The first-order valence-corrected chi connectivity index (χ1v) is 11.4. The molecule has 0 fully saturated rings. The Morgan fingerprint density at radius 1 is 1.15 bits per heavy atom. The average molecular weight is 481 g/mol. The van der Waals surface area contributed by atoms with Crippen molar-refractivity contribution in [3.63, 3.8) is 0 Å². The predicted molar refractivity (Wildman–Crippen MR) is 125 cm³/mol. The minimum Gasteiger partial charge on any atom is -0.858 e. The number of rotatable bonds is 8. The van der Waals surface area contributed by atoms with E-state index in [0.717, 1.165) is 10.5 Å². The number of pyridine rings is 1. The molecule has 34 heavy (non-hydrogen) atoms. The summed E-state index contributed by atoms with van der Waals surface area (Å²) in [6.45, 7) is 4.12. The molecule has 0 atom stereocenters. The topological polar surface area (TPSA) is 91.4 Å². The summed E-state index contributed by atoms with van der Waals surface area (Å²) < 4.78 is 7.96. The highest BCUT2D eigenvalue weighted by atomic mass is 35.5. The van der Waals surface area contributed by atoms with Gasteiger partial charge in [0.2, 0.25) is 0 Å². The fourth-order valence-electron chi connectivity index (χ4n) is 4.01. The maximum absolute atomic E-state index is 13.7. The van der Waals surface area contributed by atoms with Crippen LogP contribution in [0.4, 0.5) is 0 Å². The minimum atomic E-state index is -0.531. The molecule has 3 aromatic rings. The average Bonchev–Trinajstić information content (AvgIpc) is 3.25. The second-order valence-electron chi connectivity index (χ2n) is 8.03. The second kappa shape index (κ2) is 9.79. The Morgan fingerprint density at radius 3 is 2.53 bits per heavy atom. The van der Waals surface area contributed by atoms with Gasteiger partial charge in [-0.25, -0.2) is 4.68 Å². The van der Waals surface area contributed by atoms with Gasteiger partial charge in [-0.15, -0.1) is 0 Å². The number of carbonyl (C=O) groups is 2. The molecule has 2 aromatic heterocycles. The maximum atomic E-state index is 13.7. The normalized spacial score (nSPS) is 13.9. The standard InChI is InChI=1S/C25H25ClN4O4/c1-4-6-19-20(24(32)30(27-19)18-10-8-17(26)9-11-18)21-22(28-12-5-7-16(2)15-28)25(33)29(23(21)31)13-14-34-3/h5,7-12,15H,4,6,13-14H2,1-3H3. The van der Waals surface area contributed by atoms with Crippen LogP contribution >= 0.6 is 11.6 Å². The van der Waals surface area contributed by atoms with Crippen LogP contribution in [0.2, 0.25) is 5.02 Å². The second-order valence-corrected chi connectivity index (χ2v) is 8.47. The van der Waals surface area contributed by atoms with Crippen LogP contribution in [0.5, 0.6) is 5.88 Å². The molecular formula is C25H25ClN4O4. The van der Waals surface area contributed by atoms with Crippen LogP contribution in [0.15, 0.2) is 48.8 Å². The van der Waals surface area contributed by atoms with Gasteiger partial charge >= 0.3 is 5.91 Å². The first kappa shape index (κ1) is 23.7. The van der Waals surface area contributed by atoms with Gasteiger partial charge in [0.25, 0.3) is 11.6 Å². The van der Waals surface area contributed by atoms with Gasteiger partial charge in [0.15, 0.2) is 12.4 Å². The molecular weight excluding hydrogens is 456 g/mol. The third-order valence-corrected chi connectivity index (χ3v) is 5.84. The van der Waals surface area contributed by atoms with E-state index in [2.05, 4.69) is 5.10 Å². The van der Waals surface area contributed by atoms with Crippen LogP contribution in [-0.2, 0) is 20.7 Å². The van der Waals surface area contributed by atoms with Crippen molar-refractivity contribution in [1.82, 2.24) is 14.7 Å². The van der Waals surface area contributed by atoms with Crippen LogP contribution in [0.3, 0.4) is 0 Å². The van der Waals surface area contributed by atoms with E-state index in [-0.39, 0.29) is 30.0 Å². The zero-order chi connectivity index (χ0) is 24.4. The number of amides is 2. The minimum absolute atomic E-state index is 0.0605. The number of aromatic nitrogens is 3. The van der Waals surface area contributed by atoms with Crippen molar-refractivity contribution in [2.24, 2.45) is 0 Å². The Kier molecular flexibility index (Phi) is 6.81. The molecule has 0 saturated heterocycles. The molecule has 8 nitrogen and oxygen atoms in total. The van der Waals surface area contributed by atoms with E-state index < -0.39 is 17.7 Å². The van der Waals surface area contributed by atoms with Crippen molar-refractivity contribution < 1.29 is 24.0 Å². The van der Waals surface area contributed by atoms with E-state index in [1.165, 1.54) is 11.8 Å². The lowest BCUT2D eigenvalue weighted by Crippen LogP contribution is -2.40. The largest absolute Gasteiger partial charge is 0.858 e. The van der Waals surface area contributed by atoms with Crippen LogP contribution in [0.1, 0.15) is 30.2 Å². The number of carbonyl (C=O) groups excluding carboxylic acids is 2. The molecule has 0 N–H and O–H groups in total. The maximum Gasteiger partial charge on any atom is 0.326 e. The summed E-state index contributed by atoms with van der Waals surface area (Å²) in [5.41, 5.74) is 2.24. The number of hydrogen-bond acceptors (Lipinski definition) is 5. The summed E-state index contributed by atoms with van der Waals surface area (Å²) in [7, 11) is 1.50. The molecule has 2 amide bonds. The first-order valence-electron chi connectivity index (χ1n) is 11.0. The molecule has 1 aromatic carbocycles. The zero-order valence-corrected chi connectivity index (χ0v) is 20.0. The van der Waals surface area contributed by atoms with Crippen molar-refractivity contribution in [3.05, 3.63) is 70.6 Å². The Labute approximate surface area is 202 Å². The van der Waals surface area contributed by atoms with Gasteiger partial charge < -0.3 is 9.84 Å². The SMILES string of the molecule is CCCc1nn(-c2ccc(Cl)cc2)c([O-])c1C1=C([n+]2cccc(C)c2)C(=O)N(CCOC)C1=O. The van der Waals surface area contributed by atoms with Crippen LogP contribution < -0.4 is 9.67 Å². The molecule has 3 heterocycles. The molecule has 9 heteroatoms. The fourth-order valence-corrected chi connectivity index (χ4v) is 4.14. The molecule has 176 valence electrons. The number of hydrogen-bond donors (Lipinski definition) is 0. The van der Waals surface area contributed by atoms with Crippen molar-refractivity contribution in [2.75, 3.05) is 20.3 Å². The molecule has 1 aliphatic rings. The van der Waals surface area contributed by atoms with E-state index in [0.29, 0.717) is 29.2 Å². The molecule has 0 unspecified atom stereocenters. The third-order valence-electron chi connectivity index (χ3n) is 5.59. The Morgan fingerprint density at radius 2 is 1.88 bits per heavy atom. The lowest BCUT2D eigenvalue weighted by molar-refractivity contribution is -0.577. The van der Waals surface area contributed by atoms with Crippen LogP contribution in [0.25, 0.3) is 17.0 Å². The number of halogens is 1. The Balaban J connectivity index is 1.97. The van der Waals surface area contributed by atoms with E-state index >= 15 is 0 Å². The highest BCUT2D eigenvalue weighted by molar-refractivity contribution is 6.45. The van der Waals surface area contributed by atoms with Gasteiger partial charge in [-0.3, -0.25) is 14.5 Å². The summed E-state index contributed by atoms with van der Waals surface area (Å²) in [5.74, 6) is -1.47. The van der Waals surface area contributed by atoms with Gasteiger partial charge in [0, 0.05) is 29.3 Å². The number of imide groups is 1. The molecule has 0 radical (unpaired) electrons. The van der Waals surface area contributed by atoms with Gasteiger partial charge in [0.1, 0.15) is 5.57 Å². The van der Waals surface area contributed by atoms with Crippen molar-refractivity contribution in [1.29, 1.82) is 0 Å². The lowest BCUT2D eigenvalue weighted by atomic mass is 10.0. The summed E-state index contributed by atoms with van der Waals surface area (Å²) in [5, 5.41) is 18.7. The van der Waals surface area contributed by atoms with Crippen molar-refractivity contribution in [3.8, 4) is 11.6 Å². The van der Waals surface area contributed by atoms with Gasteiger partial charge in [-0.2, -0.15) is 9.67 Å². The van der Waals surface area contributed by atoms with E-state index in [1.54, 1.807) is 47.3 Å². The highest BCUT2D eigenvalue weighted by Crippen LogP contribution is 2.37. The number of methoxy groups -OCH3 is 1. The summed E-state index contributed by atoms with van der Waals surface area (Å²) in [6, 6.07) is 10.4. The van der Waals surface area contributed by atoms with Crippen LogP contribution in [-0.4, -0.2) is 46.8 Å². The first-order chi connectivity index (χ1) is 16.4. The highest BCUT2D eigenvalue weighted by Gasteiger charge is 2.46. The number of benzene rings is 1. The number of aryl methyl sites for hydroxylation is 2. The van der Waals surface area contributed by atoms with Crippen molar-refractivity contribution in [2.45, 2.75) is 26.7 Å². The Bertz CT molecular complexity index is 1280. The number of ether oxygens (including phenoxy) is 1. The lowest BCUT2D eigenvalue weighted by Gasteiger charge is -2.15. The molecule has 0 spiro atoms. The number of nitrogens with zero attached hydrogens (tertiary/aromatic N) is 4. The molecule has 0 saturated carbocycles. The molecule has 1 aliphatic heterocycles. The van der Waals surface area contributed by atoms with Gasteiger partial charge in [-0.1, -0.05) is 24.9 Å². The quantitative estimate of drug-likeness (QED) is 0.365. The third kappa shape index (κ3) is 4.22. The summed E-state index contributed by atoms with van der Waals surface area (Å²) in [4.78, 5) is 28.1. The van der Waals surface area contributed by atoms with E-state index in [9.17, 15) is 14.7 Å².